The molecule has 136 valence electrons. The SMILES string of the molecule is CN=C(NCCc1cccc(C(=O)NC)c1)NCc1cnn(C)c1.I. The number of hydrogen-bond acceptors (Lipinski definition) is 3. The Balaban J connectivity index is 0.00000312. The smallest absolute Gasteiger partial charge is 0.251 e. The molecule has 1 heterocycles. The number of nitrogens with zero attached hydrogens (tertiary/aromatic N) is 3. The van der Waals surface area contributed by atoms with E-state index in [1.54, 1.807) is 18.8 Å². The molecule has 2 rings (SSSR count). The zero-order valence-electron chi connectivity index (χ0n) is 14.7. The Labute approximate surface area is 165 Å². The molecule has 0 saturated carbocycles. The second-order valence-electron chi connectivity index (χ2n) is 5.40. The monoisotopic (exact) mass is 456 g/mol. The lowest BCUT2D eigenvalue weighted by molar-refractivity contribution is 0.0963. The summed E-state index contributed by atoms with van der Waals surface area (Å²) >= 11 is 0. The van der Waals surface area contributed by atoms with E-state index in [0.29, 0.717) is 12.1 Å². The molecule has 2 aromatic rings. The van der Waals surface area contributed by atoms with Gasteiger partial charge in [-0.2, -0.15) is 5.10 Å². The third kappa shape index (κ3) is 6.73. The molecule has 0 spiro atoms. The average molecular weight is 456 g/mol. The van der Waals surface area contributed by atoms with Gasteiger partial charge in [-0.15, -0.1) is 24.0 Å². The van der Waals surface area contributed by atoms with E-state index < -0.39 is 0 Å². The van der Waals surface area contributed by atoms with Crippen LogP contribution >= 0.6 is 24.0 Å². The quantitative estimate of drug-likeness (QED) is 0.348. The minimum absolute atomic E-state index is 0. The van der Waals surface area contributed by atoms with Crippen molar-refractivity contribution in [3.63, 3.8) is 0 Å². The highest BCUT2D eigenvalue weighted by Gasteiger charge is 2.04. The Morgan fingerprint density at radius 3 is 2.72 bits per heavy atom. The lowest BCUT2D eigenvalue weighted by atomic mass is 10.1. The molecule has 25 heavy (non-hydrogen) atoms. The first-order chi connectivity index (χ1) is 11.6. The van der Waals surface area contributed by atoms with Crippen molar-refractivity contribution < 1.29 is 4.79 Å². The molecule has 0 fully saturated rings. The molecule has 3 N–H and O–H groups in total. The van der Waals surface area contributed by atoms with Gasteiger partial charge in [0.2, 0.25) is 0 Å². The second-order valence-corrected chi connectivity index (χ2v) is 5.40. The summed E-state index contributed by atoms with van der Waals surface area (Å²) in [7, 11) is 5.27. The first kappa shape index (κ1) is 20.9. The Kier molecular flexibility index (Phi) is 8.96. The number of amides is 1. The van der Waals surface area contributed by atoms with Crippen molar-refractivity contribution in [1.82, 2.24) is 25.7 Å². The molecule has 0 radical (unpaired) electrons. The van der Waals surface area contributed by atoms with E-state index in [9.17, 15) is 4.79 Å². The van der Waals surface area contributed by atoms with E-state index in [1.165, 1.54) is 0 Å². The maximum Gasteiger partial charge on any atom is 0.251 e. The third-order valence-electron chi connectivity index (χ3n) is 3.56. The summed E-state index contributed by atoms with van der Waals surface area (Å²) < 4.78 is 1.77. The van der Waals surface area contributed by atoms with Crippen molar-refractivity contribution in [1.29, 1.82) is 0 Å². The van der Waals surface area contributed by atoms with E-state index in [-0.39, 0.29) is 29.9 Å². The number of rotatable bonds is 6. The molecule has 8 heteroatoms. The van der Waals surface area contributed by atoms with Gasteiger partial charge in [-0.25, -0.2) is 0 Å². The number of carbonyl (C=O) groups is 1. The number of aliphatic imine (C=N–C) groups is 1. The highest BCUT2D eigenvalue weighted by atomic mass is 127. The van der Waals surface area contributed by atoms with Gasteiger partial charge in [0, 0.05) is 51.6 Å². The standard InChI is InChI=1S/C17H24N6O.HI/c1-18-16(24)15-6-4-5-13(9-15)7-8-20-17(19-2)21-10-14-11-22-23(3)12-14;/h4-6,9,11-12H,7-8,10H2,1-3H3,(H,18,24)(H2,19,20,21);1H. The molecule has 0 saturated heterocycles. The number of carbonyl (C=O) groups excluding carboxylic acids is 1. The summed E-state index contributed by atoms with van der Waals surface area (Å²) in [5, 5.41) is 13.3. The number of aromatic nitrogens is 2. The van der Waals surface area contributed by atoms with Crippen molar-refractivity contribution in [2.75, 3.05) is 20.6 Å². The minimum Gasteiger partial charge on any atom is -0.356 e. The maximum absolute atomic E-state index is 11.7. The summed E-state index contributed by atoms with van der Waals surface area (Å²) in [5.74, 6) is 0.667. The van der Waals surface area contributed by atoms with Gasteiger partial charge in [0.15, 0.2) is 5.96 Å². The molecule has 0 bridgehead atoms. The fraction of sp³-hybridized carbons (Fsp3) is 0.353. The van der Waals surface area contributed by atoms with Gasteiger partial charge in [0.1, 0.15) is 0 Å². The molecule has 0 aliphatic rings. The molecule has 1 aromatic heterocycles. The molecular formula is C17H25IN6O. The molecular weight excluding hydrogens is 431 g/mol. The van der Waals surface area contributed by atoms with E-state index in [1.807, 2.05) is 43.7 Å². The Bertz CT molecular complexity index is 713. The van der Waals surface area contributed by atoms with Crippen molar-refractivity contribution in [3.8, 4) is 0 Å². The molecule has 0 unspecified atom stereocenters. The number of halogens is 1. The van der Waals surface area contributed by atoms with Gasteiger partial charge in [-0.05, 0) is 24.1 Å². The van der Waals surface area contributed by atoms with Crippen molar-refractivity contribution >= 4 is 35.8 Å². The topological polar surface area (TPSA) is 83.3 Å². The summed E-state index contributed by atoms with van der Waals surface area (Å²) in [6.45, 7) is 1.39. The second kappa shape index (κ2) is 10.7. The molecule has 1 amide bonds. The third-order valence-corrected chi connectivity index (χ3v) is 3.56. The molecule has 7 nitrogen and oxygen atoms in total. The highest BCUT2D eigenvalue weighted by molar-refractivity contribution is 14.0. The van der Waals surface area contributed by atoms with Crippen LogP contribution in [0, 0.1) is 0 Å². The lowest BCUT2D eigenvalue weighted by Gasteiger charge is -2.11. The highest BCUT2D eigenvalue weighted by Crippen LogP contribution is 2.05. The van der Waals surface area contributed by atoms with Crippen molar-refractivity contribution in [3.05, 3.63) is 53.3 Å². The van der Waals surface area contributed by atoms with Crippen LogP contribution in [0.1, 0.15) is 21.5 Å². The first-order valence-electron chi connectivity index (χ1n) is 7.85. The van der Waals surface area contributed by atoms with Crippen LogP contribution in [0.3, 0.4) is 0 Å². The zero-order valence-corrected chi connectivity index (χ0v) is 17.1. The largest absolute Gasteiger partial charge is 0.356 e. The fourth-order valence-electron chi connectivity index (χ4n) is 2.31. The number of guanidine groups is 1. The van der Waals surface area contributed by atoms with E-state index in [0.717, 1.165) is 30.1 Å². The normalized spacial score (nSPS) is 10.8. The summed E-state index contributed by atoms with van der Waals surface area (Å²) in [6.07, 6.45) is 4.59. The Morgan fingerprint density at radius 1 is 1.28 bits per heavy atom. The van der Waals surface area contributed by atoms with Crippen LogP contribution in [0.15, 0.2) is 41.7 Å². The zero-order chi connectivity index (χ0) is 17.4. The molecule has 0 aliphatic heterocycles. The van der Waals surface area contributed by atoms with E-state index in [4.69, 9.17) is 0 Å². The molecule has 1 aromatic carbocycles. The van der Waals surface area contributed by atoms with E-state index in [2.05, 4.69) is 26.0 Å². The Hall–Kier alpha value is -2.10. The summed E-state index contributed by atoms with van der Waals surface area (Å²) in [6, 6.07) is 7.63. The summed E-state index contributed by atoms with van der Waals surface area (Å²) in [5.41, 5.74) is 2.87. The predicted molar refractivity (Wildman–Crippen MR) is 110 cm³/mol. The Morgan fingerprint density at radius 2 is 2.08 bits per heavy atom. The summed E-state index contributed by atoms with van der Waals surface area (Å²) in [4.78, 5) is 15.9. The van der Waals surface area contributed by atoms with Crippen LogP contribution < -0.4 is 16.0 Å². The van der Waals surface area contributed by atoms with Crippen molar-refractivity contribution in [2.45, 2.75) is 13.0 Å². The average Bonchev–Trinajstić information content (AvgIpc) is 3.02. The van der Waals surface area contributed by atoms with Crippen LogP contribution in [0.5, 0.6) is 0 Å². The van der Waals surface area contributed by atoms with Gasteiger partial charge in [0.25, 0.3) is 5.91 Å². The number of aryl methyl sites for hydroxylation is 1. The van der Waals surface area contributed by atoms with E-state index >= 15 is 0 Å². The molecule has 0 aliphatic carbocycles. The van der Waals surface area contributed by atoms with Crippen LogP contribution in [0.2, 0.25) is 0 Å². The number of hydrogen-bond donors (Lipinski definition) is 3. The van der Waals surface area contributed by atoms with Gasteiger partial charge in [-0.1, -0.05) is 12.1 Å². The van der Waals surface area contributed by atoms with Gasteiger partial charge < -0.3 is 16.0 Å². The maximum atomic E-state index is 11.7. The number of benzene rings is 1. The van der Waals surface area contributed by atoms with Gasteiger partial charge >= 0.3 is 0 Å². The predicted octanol–water partition coefficient (Wildman–Crippen LogP) is 1.31. The van der Waals surface area contributed by atoms with Crippen molar-refractivity contribution in [2.24, 2.45) is 12.0 Å². The van der Waals surface area contributed by atoms with Gasteiger partial charge in [-0.3, -0.25) is 14.5 Å². The fourth-order valence-corrected chi connectivity index (χ4v) is 2.31. The van der Waals surface area contributed by atoms with Crippen LogP contribution in [0.4, 0.5) is 0 Å². The lowest BCUT2D eigenvalue weighted by Crippen LogP contribution is -2.37. The molecule has 0 atom stereocenters. The van der Waals surface area contributed by atoms with Crippen LogP contribution in [0.25, 0.3) is 0 Å². The minimum atomic E-state index is -0.0706. The van der Waals surface area contributed by atoms with Crippen LogP contribution in [-0.4, -0.2) is 42.3 Å². The number of nitrogens with one attached hydrogen (secondary N) is 3. The van der Waals surface area contributed by atoms with Gasteiger partial charge in [0.05, 0.1) is 6.20 Å². The first-order valence-corrected chi connectivity index (χ1v) is 7.85. The van der Waals surface area contributed by atoms with Crippen LogP contribution in [-0.2, 0) is 20.0 Å².